The number of halogens is 2. The standard InChI is InChI=1S/C17H10Cl2N4O4S/c18-8-3-11(13(24)12(19)4-8)14-22-23-17(28-14)21-16(26)20-9-2-1-7-6-27-15(25)10(7)5-9/h1-5,24H,6H2,(H2,20,21,23,26). The fraction of sp³-hybridized carbons (Fsp3) is 0.0588. The molecule has 0 atom stereocenters. The van der Waals surface area contributed by atoms with Crippen molar-refractivity contribution in [3.63, 3.8) is 0 Å². The lowest BCUT2D eigenvalue weighted by molar-refractivity contribution is 0.0535. The first-order valence-electron chi connectivity index (χ1n) is 7.80. The molecule has 3 N–H and O–H groups in total. The van der Waals surface area contributed by atoms with Gasteiger partial charge in [0.15, 0.2) is 5.01 Å². The van der Waals surface area contributed by atoms with Crippen molar-refractivity contribution in [1.82, 2.24) is 10.2 Å². The third-order valence-electron chi connectivity index (χ3n) is 3.85. The molecule has 2 amide bonds. The maximum absolute atomic E-state index is 12.2. The smallest absolute Gasteiger partial charge is 0.338 e. The van der Waals surface area contributed by atoms with Crippen LogP contribution in [0.3, 0.4) is 0 Å². The zero-order valence-corrected chi connectivity index (χ0v) is 16.2. The lowest BCUT2D eigenvalue weighted by Crippen LogP contribution is -2.19. The summed E-state index contributed by atoms with van der Waals surface area (Å²) in [4.78, 5) is 23.8. The number of nitrogens with one attached hydrogen (secondary N) is 2. The quantitative estimate of drug-likeness (QED) is 0.519. The molecule has 4 rings (SSSR count). The predicted octanol–water partition coefficient (Wildman–Crippen LogP) is 4.53. The molecule has 1 aliphatic rings. The van der Waals surface area contributed by atoms with Crippen LogP contribution in [0.4, 0.5) is 15.6 Å². The van der Waals surface area contributed by atoms with Crippen LogP contribution in [0.1, 0.15) is 15.9 Å². The van der Waals surface area contributed by atoms with Crippen molar-refractivity contribution < 1.29 is 19.4 Å². The van der Waals surface area contributed by atoms with Crippen molar-refractivity contribution in [3.8, 4) is 16.3 Å². The molecular weight excluding hydrogens is 427 g/mol. The van der Waals surface area contributed by atoms with E-state index in [0.29, 0.717) is 26.8 Å². The number of hydrogen-bond acceptors (Lipinski definition) is 7. The summed E-state index contributed by atoms with van der Waals surface area (Å²) in [5.74, 6) is -0.601. The molecule has 1 aromatic heterocycles. The topological polar surface area (TPSA) is 113 Å². The van der Waals surface area contributed by atoms with E-state index in [4.69, 9.17) is 27.9 Å². The van der Waals surface area contributed by atoms with Gasteiger partial charge in [-0.2, -0.15) is 0 Å². The summed E-state index contributed by atoms with van der Waals surface area (Å²) in [6.07, 6.45) is 0. The van der Waals surface area contributed by atoms with Crippen molar-refractivity contribution in [2.45, 2.75) is 6.61 Å². The Kier molecular flexibility index (Phi) is 4.80. The molecule has 8 nitrogen and oxygen atoms in total. The van der Waals surface area contributed by atoms with Gasteiger partial charge in [-0.1, -0.05) is 40.6 Å². The number of carbonyl (C=O) groups excluding carboxylic acids is 2. The number of phenolic OH excluding ortho intramolecular Hbond substituents is 1. The van der Waals surface area contributed by atoms with Gasteiger partial charge in [-0.05, 0) is 24.3 Å². The highest BCUT2D eigenvalue weighted by Gasteiger charge is 2.21. The van der Waals surface area contributed by atoms with Gasteiger partial charge >= 0.3 is 12.0 Å². The van der Waals surface area contributed by atoms with Crippen LogP contribution in [0.2, 0.25) is 10.0 Å². The van der Waals surface area contributed by atoms with E-state index in [0.717, 1.165) is 16.9 Å². The summed E-state index contributed by atoms with van der Waals surface area (Å²) in [6.45, 7) is 0.231. The van der Waals surface area contributed by atoms with E-state index in [2.05, 4.69) is 20.8 Å². The number of ether oxygens (including phenoxy) is 1. The second-order valence-corrected chi connectivity index (χ2v) is 7.54. The second-order valence-electron chi connectivity index (χ2n) is 5.72. The van der Waals surface area contributed by atoms with Crippen molar-refractivity contribution in [2.24, 2.45) is 0 Å². The van der Waals surface area contributed by atoms with Gasteiger partial charge in [-0.15, -0.1) is 10.2 Å². The number of esters is 1. The van der Waals surface area contributed by atoms with Crippen LogP contribution in [0.5, 0.6) is 5.75 Å². The number of aromatic nitrogens is 2. The molecule has 0 aliphatic carbocycles. The average Bonchev–Trinajstić information content (AvgIpc) is 3.25. The minimum absolute atomic E-state index is 0.0834. The Hall–Kier alpha value is -2.88. The van der Waals surface area contributed by atoms with E-state index in [1.807, 2.05) is 0 Å². The molecule has 3 aromatic rings. The van der Waals surface area contributed by atoms with Gasteiger partial charge < -0.3 is 15.2 Å². The lowest BCUT2D eigenvalue weighted by Gasteiger charge is -2.06. The number of phenols is 1. The number of amides is 2. The highest BCUT2D eigenvalue weighted by molar-refractivity contribution is 7.18. The van der Waals surface area contributed by atoms with Crippen LogP contribution < -0.4 is 10.6 Å². The third-order valence-corrected chi connectivity index (χ3v) is 5.23. The molecule has 11 heteroatoms. The van der Waals surface area contributed by atoms with Gasteiger partial charge in [-0.25, -0.2) is 9.59 Å². The number of fused-ring (bicyclic) bond motifs is 1. The number of carbonyl (C=O) groups is 2. The number of hydrogen-bond donors (Lipinski definition) is 3. The van der Waals surface area contributed by atoms with E-state index in [-0.39, 0.29) is 22.5 Å². The van der Waals surface area contributed by atoms with E-state index < -0.39 is 12.0 Å². The first-order chi connectivity index (χ1) is 13.4. The number of nitrogens with zero attached hydrogens (tertiary/aromatic N) is 2. The van der Waals surface area contributed by atoms with E-state index >= 15 is 0 Å². The molecule has 0 saturated carbocycles. The van der Waals surface area contributed by atoms with E-state index in [1.54, 1.807) is 18.2 Å². The summed E-state index contributed by atoms with van der Waals surface area (Å²) in [7, 11) is 0. The molecule has 28 heavy (non-hydrogen) atoms. The maximum Gasteiger partial charge on any atom is 0.338 e. The Morgan fingerprint density at radius 1 is 1.14 bits per heavy atom. The van der Waals surface area contributed by atoms with Crippen LogP contribution >= 0.6 is 34.5 Å². The van der Waals surface area contributed by atoms with Crippen molar-refractivity contribution in [2.75, 3.05) is 10.6 Å². The maximum atomic E-state index is 12.2. The molecule has 0 saturated heterocycles. The lowest BCUT2D eigenvalue weighted by atomic mass is 10.1. The van der Waals surface area contributed by atoms with Gasteiger partial charge in [-0.3, -0.25) is 5.32 Å². The first kappa shape index (κ1) is 18.5. The van der Waals surface area contributed by atoms with E-state index in [9.17, 15) is 14.7 Å². The summed E-state index contributed by atoms with van der Waals surface area (Å²) in [5, 5.41) is 24.0. The largest absolute Gasteiger partial charge is 0.506 e. The minimum atomic E-state index is -0.567. The van der Waals surface area contributed by atoms with Crippen LogP contribution in [-0.2, 0) is 11.3 Å². The molecule has 2 heterocycles. The van der Waals surface area contributed by atoms with Crippen LogP contribution in [0.15, 0.2) is 30.3 Å². The van der Waals surface area contributed by atoms with Gasteiger partial charge in [0.1, 0.15) is 12.4 Å². The Morgan fingerprint density at radius 2 is 1.96 bits per heavy atom. The minimum Gasteiger partial charge on any atom is -0.506 e. The second kappa shape index (κ2) is 7.27. The fourth-order valence-corrected chi connectivity index (χ4v) is 3.81. The summed E-state index contributed by atoms with van der Waals surface area (Å²) in [5.41, 5.74) is 1.92. The molecule has 0 fully saturated rings. The molecule has 0 unspecified atom stereocenters. The predicted molar refractivity (Wildman–Crippen MR) is 105 cm³/mol. The molecule has 0 spiro atoms. The SMILES string of the molecule is O=C(Nc1ccc2c(c1)C(=O)OC2)Nc1nnc(-c2cc(Cl)cc(Cl)c2O)s1. The number of rotatable bonds is 3. The summed E-state index contributed by atoms with van der Waals surface area (Å²) >= 11 is 12.9. The van der Waals surface area contributed by atoms with Crippen molar-refractivity contribution in [3.05, 3.63) is 51.5 Å². The monoisotopic (exact) mass is 436 g/mol. The molecule has 1 aliphatic heterocycles. The van der Waals surface area contributed by atoms with Crippen LogP contribution in [-0.4, -0.2) is 27.3 Å². The number of urea groups is 1. The summed E-state index contributed by atoms with van der Waals surface area (Å²) in [6, 6.07) is 7.26. The molecule has 142 valence electrons. The molecular formula is C17H10Cl2N4O4S. The van der Waals surface area contributed by atoms with Crippen molar-refractivity contribution in [1.29, 1.82) is 0 Å². The molecule has 2 aromatic carbocycles. The Morgan fingerprint density at radius 3 is 2.79 bits per heavy atom. The fourth-order valence-electron chi connectivity index (χ4n) is 2.56. The van der Waals surface area contributed by atoms with Gasteiger partial charge in [0.2, 0.25) is 5.13 Å². The zero-order chi connectivity index (χ0) is 19.8. The highest BCUT2D eigenvalue weighted by Crippen LogP contribution is 2.39. The normalized spacial score (nSPS) is 12.4. The summed E-state index contributed by atoms with van der Waals surface area (Å²) < 4.78 is 4.93. The highest BCUT2D eigenvalue weighted by atomic mass is 35.5. The van der Waals surface area contributed by atoms with Crippen LogP contribution in [0, 0.1) is 0 Å². The van der Waals surface area contributed by atoms with Crippen molar-refractivity contribution >= 4 is 57.4 Å². The van der Waals surface area contributed by atoms with Gasteiger partial charge in [0, 0.05) is 16.3 Å². The third kappa shape index (κ3) is 3.59. The molecule has 0 bridgehead atoms. The van der Waals surface area contributed by atoms with Gasteiger partial charge in [0.25, 0.3) is 0 Å². The first-order valence-corrected chi connectivity index (χ1v) is 9.38. The average molecular weight is 437 g/mol. The number of anilines is 2. The number of benzene rings is 2. The Balaban J connectivity index is 1.48. The van der Waals surface area contributed by atoms with Gasteiger partial charge in [0.05, 0.1) is 16.1 Å². The Bertz CT molecular complexity index is 1120. The molecule has 0 radical (unpaired) electrons. The van der Waals surface area contributed by atoms with Crippen LogP contribution in [0.25, 0.3) is 10.6 Å². The number of aromatic hydroxyl groups is 1. The zero-order valence-electron chi connectivity index (χ0n) is 13.8. The number of cyclic esters (lactones) is 1. The van der Waals surface area contributed by atoms with E-state index in [1.165, 1.54) is 12.1 Å². The Labute approximate surface area is 172 Å².